The van der Waals surface area contributed by atoms with Gasteiger partial charge in [-0.2, -0.15) is 0 Å². The van der Waals surface area contributed by atoms with Crippen molar-refractivity contribution in [1.29, 1.82) is 0 Å². The topological polar surface area (TPSA) is 64.7 Å². The van der Waals surface area contributed by atoms with Gasteiger partial charge in [-0.1, -0.05) is 37.6 Å². The zero-order valence-electron chi connectivity index (χ0n) is 10.1. The summed E-state index contributed by atoms with van der Waals surface area (Å²) in [5.41, 5.74) is 8.77. The quantitative estimate of drug-likeness (QED) is 0.876. The fourth-order valence-corrected chi connectivity index (χ4v) is 1.75. The van der Waals surface area contributed by atoms with E-state index in [1.807, 2.05) is 12.1 Å². The summed E-state index contributed by atoms with van der Waals surface area (Å²) in [4.78, 5) is 4.11. The monoisotopic (exact) mass is 228 g/mol. The number of aryl methyl sites for hydroxylation is 2. The Bertz CT molecular complexity index is 505. The summed E-state index contributed by atoms with van der Waals surface area (Å²) >= 11 is 0. The van der Waals surface area contributed by atoms with Crippen molar-refractivity contribution < 1.29 is 0 Å². The Morgan fingerprint density at radius 3 is 2.41 bits per heavy atom. The molecule has 0 aliphatic rings. The van der Waals surface area contributed by atoms with Crippen LogP contribution in [0.4, 0.5) is 5.82 Å². The molecule has 2 rings (SSSR count). The van der Waals surface area contributed by atoms with Gasteiger partial charge < -0.3 is 5.73 Å². The molecule has 0 bridgehead atoms. The Morgan fingerprint density at radius 2 is 1.82 bits per heavy atom. The molecule has 0 radical (unpaired) electrons. The van der Waals surface area contributed by atoms with E-state index in [0.717, 1.165) is 18.4 Å². The van der Waals surface area contributed by atoms with Crippen molar-refractivity contribution in [2.24, 2.45) is 0 Å². The second-order valence-corrected chi connectivity index (χ2v) is 4.04. The summed E-state index contributed by atoms with van der Waals surface area (Å²) in [6, 6.07) is 8.23. The molecule has 0 saturated carbocycles. The molecule has 0 aliphatic heterocycles. The summed E-state index contributed by atoms with van der Waals surface area (Å²) in [7, 11) is 0. The number of nitrogens with two attached hydrogens (primary N) is 1. The van der Waals surface area contributed by atoms with Crippen LogP contribution < -0.4 is 5.73 Å². The van der Waals surface area contributed by atoms with Gasteiger partial charge in [-0.15, -0.1) is 10.2 Å². The first-order chi connectivity index (χ1) is 8.20. The summed E-state index contributed by atoms with van der Waals surface area (Å²) in [6.07, 6.45) is 2.24. The maximum Gasteiger partial charge on any atom is 0.154 e. The average Bonchev–Trinajstić information content (AvgIpc) is 2.31. The normalized spacial score (nSPS) is 10.5. The average molecular weight is 228 g/mol. The highest BCUT2D eigenvalue weighted by molar-refractivity contribution is 5.69. The molecule has 0 amide bonds. The van der Waals surface area contributed by atoms with Crippen LogP contribution in [0.2, 0.25) is 0 Å². The van der Waals surface area contributed by atoms with Crippen LogP contribution in [0.1, 0.15) is 24.7 Å². The molecular weight excluding hydrogens is 212 g/mol. The van der Waals surface area contributed by atoms with Crippen molar-refractivity contribution in [2.45, 2.75) is 26.7 Å². The lowest BCUT2D eigenvalue weighted by atomic mass is 10.1. The first-order valence-corrected chi connectivity index (χ1v) is 5.77. The molecule has 1 aromatic carbocycles. The van der Waals surface area contributed by atoms with Crippen molar-refractivity contribution >= 4 is 5.82 Å². The Hall–Kier alpha value is -1.97. The third-order valence-electron chi connectivity index (χ3n) is 2.59. The van der Waals surface area contributed by atoms with Crippen LogP contribution in [0, 0.1) is 6.92 Å². The summed E-state index contributed by atoms with van der Waals surface area (Å²) < 4.78 is 0. The number of aromatic nitrogens is 3. The molecule has 0 spiro atoms. The predicted octanol–water partition coefficient (Wildman–Crippen LogP) is 2.38. The Balaban J connectivity index is 2.33. The van der Waals surface area contributed by atoms with Crippen LogP contribution in [-0.2, 0) is 6.42 Å². The van der Waals surface area contributed by atoms with E-state index < -0.39 is 0 Å². The van der Waals surface area contributed by atoms with Gasteiger partial charge in [0.15, 0.2) is 5.82 Å². The molecule has 0 aliphatic carbocycles. The van der Waals surface area contributed by atoms with Crippen LogP contribution >= 0.6 is 0 Å². The second kappa shape index (κ2) is 4.91. The zero-order valence-corrected chi connectivity index (χ0v) is 10.1. The molecule has 0 fully saturated rings. The number of nitrogens with zero attached hydrogens (tertiary/aromatic N) is 3. The fraction of sp³-hybridized carbons (Fsp3) is 0.308. The van der Waals surface area contributed by atoms with E-state index in [2.05, 4.69) is 34.2 Å². The van der Waals surface area contributed by atoms with Gasteiger partial charge in [0, 0.05) is 5.56 Å². The van der Waals surface area contributed by atoms with E-state index in [9.17, 15) is 0 Å². The van der Waals surface area contributed by atoms with E-state index in [0.29, 0.717) is 17.3 Å². The largest absolute Gasteiger partial charge is 0.382 e. The van der Waals surface area contributed by atoms with Crippen LogP contribution in [0.5, 0.6) is 0 Å². The maximum absolute atomic E-state index is 5.84. The van der Waals surface area contributed by atoms with Crippen molar-refractivity contribution in [3.05, 3.63) is 35.7 Å². The van der Waals surface area contributed by atoms with Crippen molar-refractivity contribution in [1.82, 2.24) is 15.2 Å². The fourth-order valence-electron chi connectivity index (χ4n) is 1.75. The molecule has 4 nitrogen and oxygen atoms in total. The van der Waals surface area contributed by atoms with E-state index in [1.165, 1.54) is 5.56 Å². The number of nitrogen functional groups attached to an aromatic ring is 1. The zero-order chi connectivity index (χ0) is 12.3. The van der Waals surface area contributed by atoms with E-state index in [4.69, 9.17) is 5.73 Å². The predicted molar refractivity (Wildman–Crippen MR) is 68.4 cm³/mol. The van der Waals surface area contributed by atoms with Gasteiger partial charge in [-0.25, -0.2) is 4.98 Å². The molecule has 88 valence electrons. The number of rotatable bonds is 3. The first kappa shape index (κ1) is 11.5. The summed E-state index contributed by atoms with van der Waals surface area (Å²) in [6.45, 7) is 3.94. The highest BCUT2D eigenvalue weighted by atomic mass is 15.2. The molecular formula is C13H16N4. The third kappa shape index (κ3) is 2.58. The summed E-state index contributed by atoms with van der Waals surface area (Å²) in [5, 5.41) is 8.02. The van der Waals surface area contributed by atoms with Gasteiger partial charge in [0.25, 0.3) is 0 Å². The Labute approximate surface area is 101 Å². The molecule has 2 N–H and O–H groups in total. The minimum atomic E-state index is 0.431. The molecule has 0 unspecified atom stereocenters. The van der Waals surface area contributed by atoms with Gasteiger partial charge in [-0.3, -0.25) is 0 Å². The molecule has 2 aromatic rings. The maximum atomic E-state index is 5.84. The standard InChI is InChI=1S/C13H16N4/c1-3-4-10-5-7-11(8-6-10)12-13(14)15-9(2)16-17-12/h5-8H,3-4H2,1-2H3,(H2,14,15,16). The molecule has 17 heavy (non-hydrogen) atoms. The Kier molecular flexibility index (Phi) is 3.32. The van der Waals surface area contributed by atoms with Crippen molar-refractivity contribution in [3.8, 4) is 11.3 Å². The summed E-state index contributed by atoms with van der Waals surface area (Å²) in [5.74, 6) is 1.02. The first-order valence-electron chi connectivity index (χ1n) is 5.77. The van der Waals surface area contributed by atoms with Crippen LogP contribution in [-0.4, -0.2) is 15.2 Å². The van der Waals surface area contributed by atoms with E-state index in [-0.39, 0.29) is 0 Å². The molecule has 1 heterocycles. The minimum Gasteiger partial charge on any atom is -0.382 e. The lowest BCUT2D eigenvalue weighted by molar-refractivity contribution is 0.916. The molecule has 4 heteroatoms. The van der Waals surface area contributed by atoms with Crippen LogP contribution in [0.15, 0.2) is 24.3 Å². The van der Waals surface area contributed by atoms with Gasteiger partial charge in [-0.05, 0) is 18.9 Å². The molecule has 1 aromatic heterocycles. The van der Waals surface area contributed by atoms with Gasteiger partial charge in [0.05, 0.1) is 0 Å². The van der Waals surface area contributed by atoms with E-state index >= 15 is 0 Å². The van der Waals surface area contributed by atoms with Crippen LogP contribution in [0.3, 0.4) is 0 Å². The lowest BCUT2D eigenvalue weighted by Crippen LogP contribution is -2.02. The number of hydrogen-bond acceptors (Lipinski definition) is 4. The lowest BCUT2D eigenvalue weighted by Gasteiger charge is -2.05. The molecule has 0 saturated heterocycles. The number of anilines is 1. The van der Waals surface area contributed by atoms with Crippen molar-refractivity contribution in [2.75, 3.05) is 5.73 Å². The Morgan fingerprint density at radius 1 is 1.12 bits per heavy atom. The number of hydrogen-bond donors (Lipinski definition) is 1. The SMILES string of the molecule is CCCc1ccc(-c2nnc(C)nc2N)cc1. The van der Waals surface area contributed by atoms with Gasteiger partial charge in [0.1, 0.15) is 11.5 Å². The number of benzene rings is 1. The molecule has 0 atom stereocenters. The van der Waals surface area contributed by atoms with Crippen LogP contribution in [0.25, 0.3) is 11.3 Å². The van der Waals surface area contributed by atoms with E-state index in [1.54, 1.807) is 6.92 Å². The van der Waals surface area contributed by atoms with Gasteiger partial charge >= 0.3 is 0 Å². The second-order valence-electron chi connectivity index (χ2n) is 4.04. The van der Waals surface area contributed by atoms with Crippen molar-refractivity contribution in [3.63, 3.8) is 0 Å². The highest BCUT2D eigenvalue weighted by Crippen LogP contribution is 2.21. The highest BCUT2D eigenvalue weighted by Gasteiger charge is 2.06. The third-order valence-corrected chi connectivity index (χ3v) is 2.59. The smallest absolute Gasteiger partial charge is 0.154 e. The van der Waals surface area contributed by atoms with Gasteiger partial charge in [0.2, 0.25) is 0 Å². The minimum absolute atomic E-state index is 0.431.